The molecule has 0 radical (unpaired) electrons. The van der Waals surface area contributed by atoms with Crippen molar-refractivity contribution in [3.8, 4) is 10.8 Å². The van der Waals surface area contributed by atoms with Crippen LogP contribution in [0.3, 0.4) is 0 Å². The quantitative estimate of drug-likeness (QED) is 0.707. The zero-order chi connectivity index (χ0) is 11.0. The minimum absolute atomic E-state index is 0.578. The van der Waals surface area contributed by atoms with Crippen molar-refractivity contribution in [3.05, 3.63) is 36.0 Å². The van der Waals surface area contributed by atoms with Crippen molar-refractivity contribution in [2.45, 2.75) is 5.75 Å². The van der Waals surface area contributed by atoms with Gasteiger partial charge in [-0.2, -0.15) is 12.6 Å². The predicted molar refractivity (Wildman–Crippen MR) is 67.8 cm³/mol. The summed E-state index contributed by atoms with van der Waals surface area (Å²) in [4.78, 5) is 4.49. The van der Waals surface area contributed by atoms with Crippen LogP contribution in [0.5, 0.6) is 0 Å². The fraction of sp³-hybridized carbons (Fsp3) is 0.0909. The van der Waals surface area contributed by atoms with Crippen molar-refractivity contribution in [1.29, 1.82) is 0 Å². The van der Waals surface area contributed by atoms with Crippen LogP contribution in [0.4, 0.5) is 0 Å². The molecule has 80 valence electrons. The van der Waals surface area contributed by atoms with Gasteiger partial charge in [-0.1, -0.05) is 17.3 Å². The number of hydrogen-bond acceptors (Lipinski definition) is 5. The molecule has 0 N–H and O–H groups in total. The van der Waals surface area contributed by atoms with Gasteiger partial charge in [0.25, 0.3) is 0 Å². The van der Waals surface area contributed by atoms with Crippen LogP contribution in [-0.2, 0) is 5.75 Å². The lowest BCUT2D eigenvalue weighted by Crippen LogP contribution is -1.71. The van der Waals surface area contributed by atoms with Crippen LogP contribution in [-0.4, -0.2) is 10.1 Å². The molecule has 0 saturated carbocycles. The van der Waals surface area contributed by atoms with Crippen molar-refractivity contribution in [1.82, 2.24) is 10.1 Å². The molecule has 0 aliphatic carbocycles. The standard InChI is InChI=1S/C11H8N2OS2/c15-6-7-5-9(14-13-7)11-12-8-3-1-2-4-10(8)16-11/h1-5,15H,6H2. The maximum absolute atomic E-state index is 5.22. The van der Waals surface area contributed by atoms with Gasteiger partial charge in [-0.25, -0.2) is 4.98 Å². The minimum atomic E-state index is 0.578. The molecular weight excluding hydrogens is 240 g/mol. The molecule has 0 saturated heterocycles. The van der Waals surface area contributed by atoms with E-state index >= 15 is 0 Å². The monoisotopic (exact) mass is 248 g/mol. The summed E-state index contributed by atoms with van der Waals surface area (Å²) in [7, 11) is 0. The molecule has 5 heteroatoms. The Morgan fingerprint density at radius 3 is 2.94 bits per heavy atom. The number of nitrogens with zero attached hydrogens (tertiary/aromatic N) is 2. The van der Waals surface area contributed by atoms with Crippen molar-refractivity contribution in [2.75, 3.05) is 0 Å². The maximum atomic E-state index is 5.22. The number of para-hydroxylation sites is 1. The van der Waals surface area contributed by atoms with E-state index in [-0.39, 0.29) is 0 Å². The first-order valence-corrected chi connectivity index (χ1v) is 6.24. The first-order valence-electron chi connectivity index (χ1n) is 4.79. The van der Waals surface area contributed by atoms with Gasteiger partial charge in [0.05, 0.1) is 15.9 Å². The van der Waals surface area contributed by atoms with Gasteiger partial charge in [0.15, 0.2) is 10.8 Å². The number of thiazole rings is 1. The molecule has 3 aromatic rings. The third-order valence-corrected chi connectivity index (χ3v) is 3.60. The number of aromatic nitrogens is 2. The van der Waals surface area contributed by atoms with E-state index in [0.29, 0.717) is 11.5 Å². The molecule has 0 fully saturated rings. The van der Waals surface area contributed by atoms with E-state index in [1.807, 2.05) is 30.3 Å². The Kier molecular flexibility index (Phi) is 2.41. The lowest BCUT2D eigenvalue weighted by Gasteiger charge is -1.82. The molecule has 0 amide bonds. The minimum Gasteiger partial charge on any atom is -0.353 e. The summed E-state index contributed by atoms with van der Waals surface area (Å²) in [6, 6.07) is 9.90. The molecule has 2 aromatic heterocycles. The smallest absolute Gasteiger partial charge is 0.195 e. The van der Waals surface area contributed by atoms with Gasteiger partial charge in [0.2, 0.25) is 0 Å². The summed E-state index contributed by atoms with van der Waals surface area (Å²) in [5.74, 6) is 1.29. The maximum Gasteiger partial charge on any atom is 0.195 e. The molecule has 0 aliphatic heterocycles. The van der Waals surface area contributed by atoms with Crippen LogP contribution in [0.1, 0.15) is 5.69 Å². The Morgan fingerprint density at radius 1 is 1.31 bits per heavy atom. The van der Waals surface area contributed by atoms with E-state index in [4.69, 9.17) is 4.52 Å². The SMILES string of the molecule is SCc1cc(-c2nc3ccccc3s2)on1. The van der Waals surface area contributed by atoms with E-state index < -0.39 is 0 Å². The molecule has 0 spiro atoms. The van der Waals surface area contributed by atoms with E-state index in [1.54, 1.807) is 11.3 Å². The Hall–Kier alpha value is -1.33. The number of hydrogen-bond donors (Lipinski definition) is 1. The number of fused-ring (bicyclic) bond motifs is 1. The highest BCUT2D eigenvalue weighted by molar-refractivity contribution is 7.79. The molecule has 1 aromatic carbocycles. The highest BCUT2D eigenvalue weighted by Crippen LogP contribution is 2.30. The zero-order valence-corrected chi connectivity index (χ0v) is 9.96. The highest BCUT2D eigenvalue weighted by atomic mass is 32.1. The highest BCUT2D eigenvalue weighted by Gasteiger charge is 2.10. The van der Waals surface area contributed by atoms with Gasteiger partial charge in [-0.15, -0.1) is 11.3 Å². The Bertz CT molecular complexity index is 596. The van der Waals surface area contributed by atoms with Crippen molar-refractivity contribution >= 4 is 34.2 Å². The van der Waals surface area contributed by atoms with Crippen LogP contribution in [0, 0.1) is 0 Å². The molecule has 2 heterocycles. The molecule has 3 nitrogen and oxygen atoms in total. The topological polar surface area (TPSA) is 38.9 Å². The Balaban J connectivity index is 2.11. The van der Waals surface area contributed by atoms with E-state index in [2.05, 4.69) is 22.8 Å². The summed E-state index contributed by atoms with van der Waals surface area (Å²) >= 11 is 5.75. The Labute approximate surface area is 102 Å². The van der Waals surface area contributed by atoms with Gasteiger partial charge in [-0.05, 0) is 12.1 Å². The summed E-state index contributed by atoms with van der Waals surface area (Å²) in [5, 5.41) is 4.76. The third-order valence-electron chi connectivity index (χ3n) is 2.23. The first-order chi connectivity index (χ1) is 7.86. The second kappa shape index (κ2) is 3.92. The molecule has 3 rings (SSSR count). The zero-order valence-electron chi connectivity index (χ0n) is 8.25. The lowest BCUT2D eigenvalue weighted by molar-refractivity contribution is 0.426. The molecule has 0 aliphatic rings. The summed E-state index contributed by atoms with van der Waals surface area (Å²) in [5.41, 5.74) is 1.82. The average molecular weight is 248 g/mol. The number of thiol groups is 1. The van der Waals surface area contributed by atoms with Crippen molar-refractivity contribution < 1.29 is 4.52 Å². The summed E-state index contributed by atoms with van der Waals surface area (Å²) in [6.07, 6.45) is 0. The van der Waals surface area contributed by atoms with Crippen molar-refractivity contribution in [2.24, 2.45) is 0 Å². The van der Waals surface area contributed by atoms with Crippen LogP contribution in [0.15, 0.2) is 34.9 Å². The molecule has 0 atom stereocenters. The van der Waals surface area contributed by atoms with E-state index in [1.165, 1.54) is 0 Å². The van der Waals surface area contributed by atoms with Gasteiger partial charge in [0.1, 0.15) is 0 Å². The third kappa shape index (κ3) is 1.62. The van der Waals surface area contributed by atoms with E-state index in [0.717, 1.165) is 20.9 Å². The van der Waals surface area contributed by atoms with Crippen LogP contribution >= 0.6 is 24.0 Å². The van der Waals surface area contributed by atoms with Gasteiger partial charge in [-0.3, -0.25) is 0 Å². The second-order valence-corrected chi connectivity index (χ2v) is 4.67. The van der Waals surface area contributed by atoms with E-state index in [9.17, 15) is 0 Å². The average Bonchev–Trinajstić information content (AvgIpc) is 2.95. The van der Waals surface area contributed by atoms with Crippen molar-refractivity contribution in [3.63, 3.8) is 0 Å². The lowest BCUT2D eigenvalue weighted by atomic mass is 10.3. The number of rotatable bonds is 2. The van der Waals surface area contributed by atoms with Crippen LogP contribution in [0.2, 0.25) is 0 Å². The number of benzene rings is 1. The largest absolute Gasteiger partial charge is 0.353 e. The predicted octanol–water partition coefficient (Wildman–Crippen LogP) is 3.38. The molecule has 16 heavy (non-hydrogen) atoms. The molecule has 0 bridgehead atoms. The fourth-order valence-corrected chi connectivity index (χ4v) is 2.53. The van der Waals surface area contributed by atoms with Gasteiger partial charge < -0.3 is 4.52 Å². The molecule has 0 unspecified atom stereocenters. The molecular formula is C11H8N2OS2. The Morgan fingerprint density at radius 2 is 2.19 bits per heavy atom. The van der Waals surface area contributed by atoms with Gasteiger partial charge >= 0.3 is 0 Å². The van der Waals surface area contributed by atoms with Crippen LogP contribution in [0.25, 0.3) is 21.0 Å². The normalized spacial score (nSPS) is 11.1. The summed E-state index contributed by atoms with van der Waals surface area (Å²) < 4.78 is 6.37. The van der Waals surface area contributed by atoms with Crippen LogP contribution < -0.4 is 0 Å². The first kappa shape index (κ1) is 9.86. The summed E-state index contributed by atoms with van der Waals surface area (Å²) in [6.45, 7) is 0. The van der Waals surface area contributed by atoms with Gasteiger partial charge in [0, 0.05) is 11.8 Å². The fourth-order valence-electron chi connectivity index (χ4n) is 1.46. The second-order valence-electron chi connectivity index (χ2n) is 3.33.